The van der Waals surface area contributed by atoms with Gasteiger partial charge in [0.2, 0.25) is 0 Å². The van der Waals surface area contributed by atoms with Crippen LogP contribution in [0.4, 0.5) is 0 Å². The fourth-order valence-electron chi connectivity index (χ4n) is 1.11. The van der Waals surface area contributed by atoms with Gasteiger partial charge in [0.15, 0.2) is 0 Å². The minimum atomic E-state index is 0. The van der Waals surface area contributed by atoms with Gasteiger partial charge in [-0.1, -0.05) is 0 Å². The van der Waals surface area contributed by atoms with Gasteiger partial charge < -0.3 is 5.32 Å². The van der Waals surface area contributed by atoms with E-state index in [9.17, 15) is 0 Å². The highest BCUT2D eigenvalue weighted by Gasteiger charge is 2.07. The first kappa shape index (κ1) is 12.5. The molecule has 1 aliphatic heterocycles. The first-order valence-corrected chi connectivity index (χ1v) is 3.74. The number of aromatic nitrogens is 2. The van der Waals surface area contributed by atoms with E-state index in [-0.39, 0.29) is 24.8 Å². The molecule has 0 aliphatic carbocycles. The van der Waals surface area contributed by atoms with E-state index < -0.39 is 0 Å². The van der Waals surface area contributed by atoms with Crippen molar-refractivity contribution in [2.45, 2.75) is 0 Å². The Morgan fingerprint density at radius 1 is 1.46 bits per heavy atom. The summed E-state index contributed by atoms with van der Waals surface area (Å²) in [7, 11) is 1.96. The highest BCUT2D eigenvalue weighted by molar-refractivity contribution is 5.85. The van der Waals surface area contributed by atoms with Gasteiger partial charge in [-0.15, -0.1) is 24.8 Å². The topological polar surface area (TPSA) is 29.9 Å². The lowest BCUT2D eigenvalue weighted by molar-refractivity contribution is 0.672. The zero-order valence-corrected chi connectivity index (χ0v) is 8.99. The third-order valence-corrected chi connectivity index (χ3v) is 1.91. The van der Waals surface area contributed by atoms with Crippen molar-refractivity contribution in [3.05, 3.63) is 23.5 Å². The van der Waals surface area contributed by atoms with Crippen LogP contribution in [-0.2, 0) is 7.05 Å². The molecule has 0 unspecified atom stereocenters. The molecule has 3 nitrogen and oxygen atoms in total. The van der Waals surface area contributed by atoms with E-state index >= 15 is 0 Å². The van der Waals surface area contributed by atoms with Gasteiger partial charge in [0.25, 0.3) is 0 Å². The van der Waals surface area contributed by atoms with Crippen LogP contribution >= 0.6 is 24.8 Å². The second-order valence-corrected chi connectivity index (χ2v) is 2.79. The summed E-state index contributed by atoms with van der Waals surface area (Å²) in [6, 6.07) is 2.02. The van der Waals surface area contributed by atoms with Gasteiger partial charge in [0.1, 0.15) is 0 Å². The molecule has 13 heavy (non-hydrogen) atoms. The molecular formula is C8H13Cl2N3. The Balaban J connectivity index is 0.000000720. The smallest absolute Gasteiger partial charge is 0.0607 e. The van der Waals surface area contributed by atoms with Crippen molar-refractivity contribution in [1.82, 2.24) is 15.1 Å². The minimum absolute atomic E-state index is 0. The second kappa shape index (κ2) is 5.27. The lowest BCUT2D eigenvalue weighted by atomic mass is 10.1. The maximum Gasteiger partial charge on any atom is 0.0607 e. The standard InChI is InChI=1S/C8H11N3.2ClH/c1-11-8(2-3-10-11)4-7-5-9-6-7;;/h2-4,9H,5-6H2,1H3;2*1H. The molecule has 74 valence electrons. The largest absolute Gasteiger partial charge is 0.309 e. The number of nitrogens with one attached hydrogen (secondary N) is 1. The number of halogens is 2. The van der Waals surface area contributed by atoms with Crippen molar-refractivity contribution in [2.24, 2.45) is 7.05 Å². The van der Waals surface area contributed by atoms with Crippen LogP contribution in [-0.4, -0.2) is 22.9 Å². The molecule has 5 heteroatoms. The van der Waals surface area contributed by atoms with E-state index in [2.05, 4.69) is 16.5 Å². The summed E-state index contributed by atoms with van der Waals surface area (Å²) in [5, 5.41) is 7.27. The number of hydrogen-bond acceptors (Lipinski definition) is 2. The van der Waals surface area contributed by atoms with Crippen LogP contribution in [0.15, 0.2) is 17.8 Å². The van der Waals surface area contributed by atoms with Crippen LogP contribution in [0.5, 0.6) is 0 Å². The van der Waals surface area contributed by atoms with E-state index in [4.69, 9.17) is 0 Å². The molecule has 1 saturated heterocycles. The van der Waals surface area contributed by atoms with Crippen molar-refractivity contribution in [3.8, 4) is 0 Å². The highest BCUT2D eigenvalue weighted by Crippen LogP contribution is 2.08. The van der Waals surface area contributed by atoms with Gasteiger partial charge in [-0.2, -0.15) is 5.10 Å². The maximum absolute atomic E-state index is 4.08. The van der Waals surface area contributed by atoms with Crippen molar-refractivity contribution >= 4 is 30.9 Å². The average Bonchev–Trinajstić information content (AvgIpc) is 2.27. The van der Waals surface area contributed by atoms with Gasteiger partial charge in [-0.25, -0.2) is 0 Å². The third kappa shape index (κ3) is 2.72. The van der Waals surface area contributed by atoms with E-state index in [0.717, 1.165) is 13.1 Å². The molecule has 1 aliphatic rings. The van der Waals surface area contributed by atoms with Crippen molar-refractivity contribution in [3.63, 3.8) is 0 Å². The van der Waals surface area contributed by atoms with Crippen molar-refractivity contribution in [1.29, 1.82) is 0 Å². The van der Waals surface area contributed by atoms with Gasteiger partial charge in [-0.05, 0) is 17.7 Å². The summed E-state index contributed by atoms with van der Waals surface area (Å²) in [4.78, 5) is 0. The van der Waals surface area contributed by atoms with Crippen LogP contribution in [0.25, 0.3) is 6.08 Å². The third-order valence-electron chi connectivity index (χ3n) is 1.91. The zero-order valence-electron chi connectivity index (χ0n) is 7.36. The van der Waals surface area contributed by atoms with Crippen molar-refractivity contribution in [2.75, 3.05) is 13.1 Å². The Labute approximate surface area is 90.0 Å². The quantitative estimate of drug-likeness (QED) is 0.774. The monoisotopic (exact) mass is 221 g/mol. The SMILES string of the molecule is Cl.Cl.Cn1nccc1C=C1CNC1. The Morgan fingerprint density at radius 2 is 2.15 bits per heavy atom. The molecule has 1 fully saturated rings. The summed E-state index contributed by atoms with van der Waals surface area (Å²) < 4.78 is 1.88. The van der Waals surface area contributed by atoms with Gasteiger partial charge >= 0.3 is 0 Å². The van der Waals surface area contributed by atoms with Gasteiger partial charge in [-0.3, -0.25) is 4.68 Å². The first-order chi connectivity index (χ1) is 5.36. The Morgan fingerprint density at radius 3 is 2.54 bits per heavy atom. The summed E-state index contributed by atoms with van der Waals surface area (Å²) in [5.74, 6) is 0. The second-order valence-electron chi connectivity index (χ2n) is 2.79. The normalized spacial score (nSPS) is 13.8. The number of aryl methyl sites for hydroxylation is 1. The molecule has 2 heterocycles. The summed E-state index contributed by atoms with van der Waals surface area (Å²) >= 11 is 0. The molecule has 2 rings (SSSR count). The molecule has 0 bridgehead atoms. The molecule has 1 aromatic rings. The first-order valence-electron chi connectivity index (χ1n) is 3.74. The molecule has 0 radical (unpaired) electrons. The predicted octanol–water partition coefficient (Wildman–Crippen LogP) is 1.25. The Hall–Kier alpha value is -0.510. The lowest BCUT2D eigenvalue weighted by Crippen LogP contribution is -2.33. The molecule has 1 aromatic heterocycles. The minimum Gasteiger partial charge on any atom is -0.309 e. The fraction of sp³-hybridized carbons (Fsp3) is 0.375. The average molecular weight is 222 g/mol. The van der Waals surface area contributed by atoms with Crippen LogP contribution in [0.2, 0.25) is 0 Å². The molecule has 0 atom stereocenters. The molecule has 0 spiro atoms. The highest BCUT2D eigenvalue weighted by atomic mass is 35.5. The number of rotatable bonds is 1. The summed E-state index contributed by atoms with van der Waals surface area (Å²) in [6.45, 7) is 2.07. The van der Waals surface area contributed by atoms with Crippen LogP contribution in [0.1, 0.15) is 5.69 Å². The predicted molar refractivity (Wildman–Crippen MR) is 58.6 cm³/mol. The van der Waals surface area contributed by atoms with Crippen LogP contribution in [0, 0.1) is 0 Å². The van der Waals surface area contributed by atoms with Crippen LogP contribution < -0.4 is 5.32 Å². The summed E-state index contributed by atoms with van der Waals surface area (Å²) in [5.41, 5.74) is 2.63. The molecule has 0 amide bonds. The molecule has 0 saturated carbocycles. The number of nitrogens with zero attached hydrogens (tertiary/aromatic N) is 2. The van der Waals surface area contributed by atoms with E-state index in [1.165, 1.54) is 11.3 Å². The maximum atomic E-state index is 4.08. The van der Waals surface area contributed by atoms with Crippen molar-refractivity contribution < 1.29 is 0 Å². The zero-order chi connectivity index (χ0) is 7.68. The van der Waals surface area contributed by atoms with Gasteiger partial charge in [0.05, 0.1) is 5.69 Å². The van der Waals surface area contributed by atoms with Gasteiger partial charge in [0, 0.05) is 26.3 Å². The molecule has 1 N–H and O–H groups in total. The Bertz CT molecular complexity index is 287. The summed E-state index contributed by atoms with van der Waals surface area (Å²) in [6.07, 6.45) is 4.00. The van der Waals surface area contributed by atoms with E-state index in [1.54, 1.807) is 0 Å². The lowest BCUT2D eigenvalue weighted by Gasteiger charge is -2.18. The Kier molecular flexibility index (Phi) is 5.06. The molecule has 0 aromatic carbocycles. The van der Waals surface area contributed by atoms with Crippen LogP contribution in [0.3, 0.4) is 0 Å². The fourth-order valence-corrected chi connectivity index (χ4v) is 1.11. The molecular weight excluding hydrogens is 209 g/mol. The van der Waals surface area contributed by atoms with E-state index in [1.807, 2.05) is 24.0 Å². The number of hydrogen-bond donors (Lipinski definition) is 1. The van der Waals surface area contributed by atoms with E-state index in [0.29, 0.717) is 0 Å².